The van der Waals surface area contributed by atoms with Crippen LogP contribution in [0.25, 0.3) is 0 Å². The number of hydrogen-bond donors (Lipinski definition) is 1. The number of carbonyl (C=O) groups excluding carboxylic acids is 2. The molecule has 1 fully saturated rings. The molecule has 36 heavy (non-hydrogen) atoms. The zero-order valence-corrected chi connectivity index (χ0v) is 20.3. The number of hydrogen-bond acceptors (Lipinski definition) is 10. The van der Waals surface area contributed by atoms with Gasteiger partial charge in [-0.25, -0.2) is 32.7 Å². The Labute approximate surface area is 205 Å². The van der Waals surface area contributed by atoms with Crippen molar-refractivity contribution in [2.24, 2.45) is 0 Å². The van der Waals surface area contributed by atoms with Crippen LogP contribution >= 0.6 is 0 Å². The van der Waals surface area contributed by atoms with Crippen molar-refractivity contribution in [2.75, 3.05) is 39.9 Å². The maximum atomic E-state index is 14.8. The van der Waals surface area contributed by atoms with Crippen molar-refractivity contribution in [1.29, 1.82) is 0 Å². The lowest BCUT2D eigenvalue weighted by Gasteiger charge is -2.30. The van der Waals surface area contributed by atoms with Crippen molar-refractivity contribution in [3.05, 3.63) is 52.2 Å². The first-order chi connectivity index (χ1) is 17.1. The number of nitrogens with one attached hydrogen (secondary N) is 1. The molecule has 2 heterocycles. The number of alkyl halides is 2. The number of rotatable bonds is 9. The zero-order valence-electron chi connectivity index (χ0n) is 20.3. The van der Waals surface area contributed by atoms with Crippen molar-refractivity contribution >= 4 is 17.8 Å². The maximum absolute atomic E-state index is 14.8. The second-order valence-corrected chi connectivity index (χ2v) is 7.74. The third-order valence-corrected chi connectivity index (χ3v) is 5.61. The van der Waals surface area contributed by atoms with Crippen molar-refractivity contribution in [3.63, 3.8) is 0 Å². The van der Waals surface area contributed by atoms with Gasteiger partial charge in [0.2, 0.25) is 0 Å². The predicted octanol–water partition coefficient (Wildman–Crippen LogP) is 3.27. The highest BCUT2D eigenvalue weighted by atomic mass is 19.3. The minimum absolute atomic E-state index is 0.00646. The quantitative estimate of drug-likeness (QED) is 0.395. The standard InChI is InChI=1S/C23H26F3N3O7/c1-11(13-7-6-8-14(16(13)24)18(25)26)27-19-15(20-35-9-10-36-20)17(28-12(2)29-19)23(34-5,21(30)32-3)22(31)33-4/h6-8,11,18,20H,9-10H2,1-5H3,(H,27,28,29)/t11-/m1/s1. The minimum Gasteiger partial charge on any atom is -0.466 e. The van der Waals surface area contributed by atoms with E-state index < -0.39 is 47.7 Å². The molecular formula is C23H26F3N3O7. The molecule has 0 saturated carbocycles. The van der Waals surface area contributed by atoms with Crippen LogP contribution in [0.3, 0.4) is 0 Å². The number of esters is 2. The molecule has 1 aromatic carbocycles. The molecule has 0 unspecified atom stereocenters. The van der Waals surface area contributed by atoms with Crippen molar-refractivity contribution in [3.8, 4) is 0 Å². The molecule has 13 heteroatoms. The van der Waals surface area contributed by atoms with Crippen LogP contribution in [-0.4, -0.2) is 56.4 Å². The van der Waals surface area contributed by atoms with E-state index in [1.165, 1.54) is 26.0 Å². The highest BCUT2D eigenvalue weighted by molar-refractivity contribution is 6.04. The third-order valence-electron chi connectivity index (χ3n) is 5.61. The minimum atomic E-state index is -3.01. The molecule has 2 aromatic rings. The molecule has 10 nitrogen and oxygen atoms in total. The van der Waals surface area contributed by atoms with Gasteiger partial charge in [0.25, 0.3) is 6.43 Å². The molecule has 1 aliphatic rings. The number of aromatic nitrogens is 2. The molecule has 0 spiro atoms. The highest BCUT2D eigenvalue weighted by Gasteiger charge is 2.55. The van der Waals surface area contributed by atoms with E-state index in [4.69, 9.17) is 23.7 Å². The first kappa shape index (κ1) is 27.3. The molecule has 1 aromatic heterocycles. The first-order valence-corrected chi connectivity index (χ1v) is 10.8. The van der Waals surface area contributed by atoms with Crippen LogP contribution in [0.2, 0.25) is 0 Å². The summed E-state index contributed by atoms with van der Waals surface area (Å²) in [5.74, 6) is -3.28. The third kappa shape index (κ3) is 4.86. The van der Waals surface area contributed by atoms with Gasteiger partial charge in [0.15, 0.2) is 6.29 Å². The van der Waals surface area contributed by atoms with Gasteiger partial charge in [0, 0.05) is 12.7 Å². The summed E-state index contributed by atoms with van der Waals surface area (Å²) in [4.78, 5) is 34.4. The summed E-state index contributed by atoms with van der Waals surface area (Å²) in [7, 11) is 3.19. The summed E-state index contributed by atoms with van der Waals surface area (Å²) in [6.07, 6.45) is -4.17. The van der Waals surface area contributed by atoms with E-state index in [0.29, 0.717) is 0 Å². The van der Waals surface area contributed by atoms with Crippen LogP contribution in [0.5, 0.6) is 0 Å². The van der Waals surface area contributed by atoms with Gasteiger partial charge in [-0.15, -0.1) is 0 Å². The van der Waals surface area contributed by atoms with E-state index in [1.807, 2.05) is 0 Å². The van der Waals surface area contributed by atoms with Gasteiger partial charge in [-0.1, -0.05) is 18.2 Å². The van der Waals surface area contributed by atoms with Crippen molar-refractivity contribution < 1.29 is 46.4 Å². The Balaban J connectivity index is 2.23. The zero-order chi connectivity index (χ0) is 26.6. The SMILES string of the molecule is COC(=O)C(OC)(C(=O)OC)c1nc(C)nc(N[C@H](C)c2cccc(C(F)F)c2F)c1C1OCCO1. The Hall–Kier alpha value is -3.29. The lowest BCUT2D eigenvalue weighted by Crippen LogP contribution is -2.49. The van der Waals surface area contributed by atoms with Crippen LogP contribution in [0.15, 0.2) is 18.2 Å². The van der Waals surface area contributed by atoms with Gasteiger partial charge in [-0.05, 0) is 13.8 Å². The Kier molecular flexibility index (Phi) is 8.48. The summed E-state index contributed by atoms with van der Waals surface area (Å²) in [6.45, 7) is 3.35. The number of anilines is 1. The van der Waals surface area contributed by atoms with Crippen molar-refractivity contribution in [2.45, 2.75) is 38.2 Å². The van der Waals surface area contributed by atoms with Crippen LogP contribution in [-0.2, 0) is 38.9 Å². The van der Waals surface area contributed by atoms with E-state index in [-0.39, 0.29) is 41.7 Å². The first-order valence-electron chi connectivity index (χ1n) is 10.8. The van der Waals surface area contributed by atoms with Crippen LogP contribution in [0, 0.1) is 12.7 Å². The summed E-state index contributed by atoms with van der Waals surface area (Å²) < 4.78 is 67.6. The Morgan fingerprint density at radius 3 is 2.19 bits per heavy atom. The molecule has 1 saturated heterocycles. The molecule has 196 valence electrons. The fourth-order valence-electron chi connectivity index (χ4n) is 3.89. The fourth-order valence-corrected chi connectivity index (χ4v) is 3.89. The molecule has 1 aliphatic heterocycles. The Bertz CT molecular complexity index is 1110. The largest absolute Gasteiger partial charge is 0.466 e. The second-order valence-electron chi connectivity index (χ2n) is 7.74. The predicted molar refractivity (Wildman–Crippen MR) is 118 cm³/mol. The monoisotopic (exact) mass is 513 g/mol. The molecule has 0 amide bonds. The summed E-state index contributed by atoms with van der Waals surface area (Å²) >= 11 is 0. The summed E-state index contributed by atoms with van der Waals surface area (Å²) in [6, 6.07) is 2.75. The number of aryl methyl sites for hydroxylation is 1. The molecule has 3 rings (SSSR count). The topological polar surface area (TPSA) is 118 Å². The molecule has 1 N–H and O–H groups in total. The van der Waals surface area contributed by atoms with E-state index in [1.54, 1.807) is 0 Å². The fraction of sp³-hybridized carbons (Fsp3) is 0.478. The van der Waals surface area contributed by atoms with E-state index >= 15 is 0 Å². The van der Waals surface area contributed by atoms with Crippen molar-refractivity contribution in [1.82, 2.24) is 9.97 Å². The van der Waals surface area contributed by atoms with E-state index in [9.17, 15) is 22.8 Å². The molecule has 0 aliphatic carbocycles. The molecule has 0 radical (unpaired) electrons. The van der Waals surface area contributed by atoms with Crippen LogP contribution in [0.1, 0.15) is 53.9 Å². The highest BCUT2D eigenvalue weighted by Crippen LogP contribution is 2.40. The molecule has 1 atom stereocenters. The smallest absolute Gasteiger partial charge is 0.356 e. The van der Waals surface area contributed by atoms with E-state index in [0.717, 1.165) is 27.4 Å². The lowest BCUT2D eigenvalue weighted by atomic mass is 9.93. The summed E-state index contributed by atoms with van der Waals surface area (Å²) in [5.41, 5.74) is -3.59. The van der Waals surface area contributed by atoms with Crippen LogP contribution in [0.4, 0.5) is 19.0 Å². The lowest BCUT2D eigenvalue weighted by molar-refractivity contribution is -0.187. The number of halogens is 3. The Morgan fingerprint density at radius 1 is 1.08 bits per heavy atom. The number of ether oxygens (including phenoxy) is 5. The molecule has 0 bridgehead atoms. The van der Waals surface area contributed by atoms with Gasteiger partial charge < -0.3 is 29.0 Å². The number of benzene rings is 1. The average Bonchev–Trinajstić information content (AvgIpc) is 3.38. The van der Waals surface area contributed by atoms with Gasteiger partial charge in [-0.3, -0.25) is 0 Å². The Morgan fingerprint density at radius 2 is 1.67 bits per heavy atom. The van der Waals surface area contributed by atoms with Gasteiger partial charge in [0.05, 0.1) is 44.6 Å². The number of carbonyl (C=O) groups is 2. The maximum Gasteiger partial charge on any atom is 0.356 e. The van der Waals surface area contributed by atoms with Gasteiger partial charge >= 0.3 is 17.5 Å². The summed E-state index contributed by atoms with van der Waals surface area (Å²) in [5, 5.41) is 2.95. The second kappa shape index (κ2) is 11.2. The van der Waals surface area contributed by atoms with E-state index in [2.05, 4.69) is 15.3 Å². The van der Waals surface area contributed by atoms with Gasteiger partial charge in [-0.2, -0.15) is 0 Å². The number of nitrogens with zero attached hydrogens (tertiary/aromatic N) is 2. The number of methoxy groups -OCH3 is 3. The normalized spacial score (nSPS) is 15.1. The van der Waals surface area contributed by atoms with Gasteiger partial charge in [0.1, 0.15) is 23.2 Å². The van der Waals surface area contributed by atoms with Crippen LogP contribution < -0.4 is 5.32 Å². The molecular weight excluding hydrogens is 487 g/mol. The average molecular weight is 513 g/mol.